The zero-order chi connectivity index (χ0) is 17.8. The number of imide groups is 1. The average molecular weight is 341 g/mol. The summed E-state index contributed by atoms with van der Waals surface area (Å²) in [7, 11) is 0. The molecule has 2 aromatic carbocycles. The van der Waals surface area contributed by atoms with Crippen LogP contribution < -0.4 is 4.74 Å². The molecule has 6 heteroatoms. The fourth-order valence-electron chi connectivity index (χ4n) is 2.85. The minimum absolute atomic E-state index is 0.140. The molecular weight excluding hydrogens is 322 g/mol. The number of amides is 2. The Kier molecular flexibility index (Phi) is 5.11. The van der Waals surface area contributed by atoms with Crippen molar-refractivity contribution in [1.29, 1.82) is 0 Å². The maximum absolute atomic E-state index is 12.2. The highest BCUT2D eigenvalue weighted by Crippen LogP contribution is 2.23. The summed E-state index contributed by atoms with van der Waals surface area (Å²) in [6.07, 6.45) is 0.489. The monoisotopic (exact) mass is 341 g/mol. The Bertz CT molecular complexity index is 745. The molecule has 1 aliphatic heterocycles. The van der Waals surface area contributed by atoms with Crippen LogP contribution in [-0.2, 0) is 13.2 Å². The summed E-state index contributed by atoms with van der Waals surface area (Å²) in [6, 6.07) is 11.9. The Balaban J connectivity index is 1.56. The van der Waals surface area contributed by atoms with Gasteiger partial charge in [-0.1, -0.05) is 18.2 Å². The Hall–Kier alpha value is -2.70. The maximum Gasteiger partial charge on any atom is 0.261 e. The molecule has 0 unspecified atom stereocenters. The van der Waals surface area contributed by atoms with Gasteiger partial charge in [0, 0.05) is 6.54 Å². The van der Waals surface area contributed by atoms with Crippen molar-refractivity contribution in [2.45, 2.75) is 19.6 Å². The molecule has 0 aliphatic carbocycles. The van der Waals surface area contributed by atoms with E-state index in [2.05, 4.69) is 0 Å². The molecule has 25 heavy (non-hydrogen) atoms. The number of hydrogen-bond acceptors (Lipinski definition) is 5. The molecule has 2 N–H and O–H groups in total. The van der Waals surface area contributed by atoms with Gasteiger partial charge in [-0.2, -0.15) is 0 Å². The molecule has 6 nitrogen and oxygen atoms in total. The van der Waals surface area contributed by atoms with Crippen LogP contribution in [0.5, 0.6) is 5.75 Å². The summed E-state index contributed by atoms with van der Waals surface area (Å²) in [5, 5.41) is 18.4. The third-order valence-corrected chi connectivity index (χ3v) is 4.06. The van der Waals surface area contributed by atoms with Gasteiger partial charge in [-0.25, -0.2) is 0 Å². The summed E-state index contributed by atoms with van der Waals surface area (Å²) in [6.45, 7) is 0.310. The SMILES string of the molecule is O=C1c2ccccc2C(=O)N1CCCOc1cc(CO)cc(CO)c1. The summed E-state index contributed by atoms with van der Waals surface area (Å²) < 4.78 is 5.63. The van der Waals surface area contributed by atoms with E-state index in [-0.39, 0.29) is 31.6 Å². The van der Waals surface area contributed by atoms with Crippen molar-refractivity contribution in [1.82, 2.24) is 4.90 Å². The molecule has 0 bridgehead atoms. The molecular formula is C19H19NO5. The molecule has 0 fully saturated rings. The van der Waals surface area contributed by atoms with E-state index in [1.807, 2.05) is 0 Å². The molecule has 130 valence electrons. The van der Waals surface area contributed by atoms with Crippen molar-refractivity contribution >= 4 is 11.8 Å². The van der Waals surface area contributed by atoms with Crippen molar-refractivity contribution in [3.05, 3.63) is 64.7 Å². The van der Waals surface area contributed by atoms with E-state index < -0.39 is 0 Å². The van der Waals surface area contributed by atoms with Crippen molar-refractivity contribution in [2.75, 3.05) is 13.2 Å². The minimum atomic E-state index is -0.273. The highest BCUT2D eigenvalue weighted by molar-refractivity contribution is 6.21. The second kappa shape index (κ2) is 7.46. The topological polar surface area (TPSA) is 87.1 Å². The van der Waals surface area contributed by atoms with Crippen LogP contribution in [0, 0.1) is 0 Å². The van der Waals surface area contributed by atoms with Crippen LogP contribution in [0.1, 0.15) is 38.3 Å². The first-order chi connectivity index (χ1) is 12.1. The Morgan fingerprint density at radius 2 is 1.44 bits per heavy atom. The van der Waals surface area contributed by atoms with E-state index in [1.165, 1.54) is 4.90 Å². The fraction of sp³-hybridized carbons (Fsp3) is 0.263. The number of nitrogens with zero attached hydrogens (tertiary/aromatic N) is 1. The number of hydrogen-bond donors (Lipinski definition) is 2. The van der Waals surface area contributed by atoms with Gasteiger partial charge in [-0.15, -0.1) is 0 Å². The minimum Gasteiger partial charge on any atom is -0.494 e. The molecule has 0 aromatic heterocycles. The van der Waals surface area contributed by atoms with Gasteiger partial charge in [0.25, 0.3) is 11.8 Å². The van der Waals surface area contributed by atoms with E-state index in [1.54, 1.807) is 42.5 Å². The molecule has 2 amide bonds. The summed E-state index contributed by atoms with van der Waals surface area (Å²) >= 11 is 0. The lowest BCUT2D eigenvalue weighted by atomic mass is 10.1. The van der Waals surface area contributed by atoms with Gasteiger partial charge >= 0.3 is 0 Å². The number of carbonyl (C=O) groups is 2. The van der Waals surface area contributed by atoms with Gasteiger partial charge in [-0.05, 0) is 41.8 Å². The Labute approximate surface area is 145 Å². The molecule has 1 heterocycles. The highest BCUT2D eigenvalue weighted by atomic mass is 16.5. The van der Waals surface area contributed by atoms with E-state index in [0.29, 0.717) is 41.0 Å². The van der Waals surface area contributed by atoms with Gasteiger partial charge in [0.1, 0.15) is 5.75 Å². The molecule has 0 atom stereocenters. The Morgan fingerprint density at radius 1 is 0.880 bits per heavy atom. The van der Waals surface area contributed by atoms with Gasteiger partial charge in [0.2, 0.25) is 0 Å². The lowest BCUT2D eigenvalue weighted by Crippen LogP contribution is -2.31. The third-order valence-electron chi connectivity index (χ3n) is 4.06. The van der Waals surface area contributed by atoms with Crippen LogP contribution >= 0.6 is 0 Å². The number of rotatable bonds is 7. The van der Waals surface area contributed by atoms with Crippen LogP contribution in [0.2, 0.25) is 0 Å². The number of ether oxygens (including phenoxy) is 1. The number of aliphatic hydroxyl groups excluding tert-OH is 2. The zero-order valence-corrected chi connectivity index (χ0v) is 13.6. The fourth-order valence-corrected chi connectivity index (χ4v) is 2.85. The largest absolute Gasteiger partial charge is 0.494 e. The zero-order valence-electron chi connectivity index (χ0n) is 13.6. The molecule has 0 spiro atoms. The average Bonchev–Trinajstić information content (AvgIpc) is 2.89. The van der Waals surface area contributed by atoms with E-state index in [9.17, 15) is 19.8 Å². The van der Waals surface area contributed by atoms with Crippen LogP contribution in [-0.4, -0.2) is 40.1 Å². The maximum atomic E-state index is 12.2. The van der Waals surface area contributed by atoms with Crippen LogP contribution in [0.15, 0.2) is 42.5 Å². The van der Waals surface area contributed by atoms with Crippen LogP contribution in [0.4, 0.5) is 0 Å². The van der Waals surface area contributed by atoms with E-state index >= 15 is 0 Å². The molecule has 0 saturated carbocycles. The predicted octanol–water partition coefficient (Wildman–Crippen LogP) is 1.74. The summed E-state index contributed by atoms with van der Waals surface area (Å²) in [5.41, 5.74) is 2.19. The molecule has 1 aliphatic rings. The Morgan fingerprint density at radius 3 is 1.96 bits per heavy atom. The van der Waals surface area contributed by atoms with Crippen molar-refractivity contribution in [2.24, 2.45) is 0 Å². The molecule has 3 rings (SSSR count). The van der Waals surface area contributed by atoms with Crippen molar-refractivity contribution in [3.63, 3.8) is 0 Å². The van der Waals surface area contributed by atoms with Crippen molar-refractivity contribution in [3.8, 4) is 5.75 Å². The third kappa shape index (κ3) is 3.55. The second-order valence-electron chi connectivity index (χ2n) is 5.81. The van der Waals surface area contributed by atoms with Gasteiger partial charge in [0.05, 0.1) is 30.9 Å². The summed E-state index contributed by atoms with van der Waals surface area (Å²) in [5.74, 6) is -0.00569. The number of aliphatic hydroxyl groups is 2. The number of benzene rings is 2. The molecule has 2 aromatic rings. The predicted molar refractivity (Wildman–Crippen MR) is 90.2 cm³/mol. The van der Waals surface area contributed by atoms with Gasteiger partial charge < -0.3 is 14.9 Å². The lowest BCUT2D eigenvalue weighted by molar-refractivity contribution is 0.0646. The van der Waals surface area contributed by atoms with Gasteiger partial charge in [0.15, 0.2) is 0 Å². The van der Waals surface area contributed by atoms with E-state index in [4.69, 9.17) is 4.74 Å². The highest BCUT2D eigenvalue weighted by Gasteiger charge is 2.34. The first-order valence-corrected chi connectivity index (χ1v) is 8.06. The van der Waals surface area contributed by atoms with Crippen LogP contribution in [0.25, 0.3) is 0 Å². The summed E-state index contributed by atoms with van der Waals surface area (Å²) in [4.78, 5) is 25.7. The standard InChI is InChI=1S/C19H19NO5/c21-11-13-8-14(12-22)10-15(9-13)25-7-3-6-20-18(23)16-4-1-2-5-17(16)19(20)24/h1-2,4-5,8-10,21-22H,3,6-7,11-12H2. The van der Waals surface area contributed by atoms with E-state index in [0.717, 1.165) is 0 Å². The second-order valence-corrected chi connectivity index (χ2v) is 5.81. The first-order valence-electron chi connectivity index (χ1n) is 8.06. The number of carbonyl (C=O) groups excluding carboxylic acids is 2. The molecule has 0 saturated heterocycles. The molecule has 0 radical (unpaired) electrons. The van der Waals surface area contributed by atoms with Gasteiger partial charge in [-0.3, -0.25) is 14.5 Å². The lowest BCUT2D eigenvalue weighted by Gasteiger charge is -2.14. The quantitative estimate of drug-likeness (QED) is 0.592. The smallest absolute Gasteiger partial charge is 0.261 e. The van der Waals surface area contributed by atoms with Crippen molar-refractivity contribution < 1.29 is 24.5 Å². The number of fused-ring (bicyclic) bond motifs is 1. The van der Waals surface area contributed by atoms with Crippen LogP contribution in [0.3, 0.4) is 0 Å². The first kappa shape index (κ1) is 17.1. The normalized spacial score (nSPS) is 13.3.